The Kier molecular flexibility index (Phi) is 7.42. The monoisotopic (exact) mass is 508 g/mol. The first kappa shape index (κ1) is 25.0. The van der Waals surface area contributed by atoms with Gasteiger partial charge in [-0.05, 0) is 43.2 Å². The Bertz CT molecular complexity index is 1460. The predicted octanol–water partition coefficient (Wildman–Crippen LogP) is 1.30. The molecule has 11 nitrogen and oxygen atoms in total. The number of carbonyl (C=O) groups excluding carboxylic acids is 1. The molecule has 1 aliphatic rings. The molecule has 0 spiro atoms. The van der Waals surface area contributed by atoms with Crippen molar-refractivity contribution < 1.29 is 23.1 Å². The maximum atomic E-state index is 12.8. The van der Waals surface area contributed by atoms with Crippen molar-refractivity contribution in [2.75, 3.05) is 13.1 Å². The molecule has 2 heterocycles. The Hall–Kier alpha value is -3.64. The summed E-state index contributed by atoms with van der Waals surface area (Å²) >= 11 is 5.87. The Balaban J connectivity index is 0.000000343. The maximum Gasteiger partial charge on any atom is 0.346 e. The highest BCUT2D eigenvalue weighted by Crippen LogP contribution is 2.17. The summed E-state index contributed by atoms with van der Waals surface area (Å²) in [5.74, 6) is -1.38. The molecule has 34 heavy (non-hydrogen) atoms. The first-order valence-corrected chi connectivity index (χ1v) is 11.9. The summed E-state index contributed by atoms with van der Waals surface area (Å²) in [6, 6.07) is 10.5. The van der Waals surface area contributed by atoms with Crippen LogP contribution in [0.4, 0.5) is 4.79 Å². The number of carbonyl (C=O) groups is 2. The molecule has 2 amide bonds. The van der Waals surface area contributed by atoms with Crippen LogP contribution < -0.4 is 17.0 Å². The standard InChI is InChI=1S/C16H11ClN2O6S.C5H10N2O/c17-10-6-7-12-13(8-10)18(9-14(20)21)16(23)19(15(12)22)26(24,25)11-4-2-1-3-5-11;6-5(8)7-3-1-2-4-7/h1-8H,9H2,(H,20,21);1-4H2,(H2,6,8). The van der Waals surface area contributed by atoms with Crippen molar-refractivity contribution in [2.24, 2.45) is 5.73 Å². The number of fused-ring (bicyclic) bond motifs is 1. The van der Waals surface area contributed by atoms with Crippen molar-refractivity contribution in [3.63, 3.8) is 0 Å². The van der Waals surface area contributed by atoms with Gasteiger partial charge in [-0.15, -0.1) is 3.97 Å². The van der Waals surface area contributed by atoms with E-state index in [9.17, 15) is 27.6 Å². The molecule has 3 aromatic rings. The van der Waals surface area contributed by atoms with E-state index in [1.807, 2.05) is 0 Å². The van der Waals surface area contributed by atoms with E-state index in [-0.39, 0.29) is 30.8 Å². The number of benzene rings is 2. The van der Waals surface area contributed by atoms with E-state index in [0.29, 0.717) is 4.57 Å². The lowest BCUT2D eigenvalue weighted by Crippen LogP contribution is -2.44. The van der Waals surface area contributed by atoms with Crippen LogP contribution in [0, 0.1) is 0 Å². The van der Waals surface area contributed by atoms with E-state index in [2.05, 4.69) is 0 Å². The van der Waals surface area contributed by atoms with E-state index in [4.69, 9.17) is 22.4 Å². The third kappa shape index (κ3) is 5.13. The van der Waals surface area contributed by atoms with Crippen LogP contribution in [0.5, 0.6) is 0 Å². The molecule has 0 bridgehead atoms. The lowest BCUT2D eigenvalue weighted by molar-refractivity contribution is -0.137. The van der Waals surface area contributed by atoms with Crippen molar-refractivity contribution in [1.29, 1.82) is 0 Å². The van der Waals surface area contributed by atoms with Crippen LogP contribution in [0.15, 0.2) is 63.0 Å². The third-order valence-corrected chi connectivity index (χ3v) is 6.97. The number of likely N-dealkylation sites (tertiary alicyclic amines) is 1. The zero-order valence-electron chi connectivity index (χ0n) is 17.8. The highest BCUT2D eigenvalue weighted by Gasteiger charge is 2.25. The zero-order valence-corrected chi connectivity index (χ0v) is 19.3. The van der Waals surface area contributed by atoms with Gasteiger partial charge in [0.25, 0.3) is 15.6 Å². The Morgan fingerprint density at radius 1 is 1.03 bits per heavy atom. The summed E-state index contributed by atoms with van der Waals surface area (Å²) in [7, 11) is -4.52. The second-order valence-corrected chi connectivity index (χ2v) is 9.57. The SMILES string of the molecule is NC(=O)N1CCCC1.O=C(O)Cn1c(=O)n(S(=O)(=O)c2ccccc2)c(=O)c2ccc(Cl)cc21. The number of hydrogen-bond donors (Lipinski definition) is 2. The van der Waals surface area contributed by atoms with Gasteiger partial charge in [-0.25, -0.2) is 18.0 Å². The molecule has 2 aromatic carbocycles. The van der Waals surface area contributed by atoms with Crippen molar-refractivity contribution in [3.05, 3.63) is 74.4 Å². The van der Waals surface area contributed by atoms with Crippen molar-refractivity contribution in [1.82, 2.24) is 13.4 Å². The number of amides is 2. The summed E-state index contributed by atoms with van der Waals surface area (Å²) in [5.41, 5.74) is 2.57. The Morgan fingerprint density at radius 2 is 1.65 bits per heavy atom. The third-order valence-electron chi connectivity index (χ3n) is 5.06. The maximum absolute atomic E-state index is 12.8. The minimum Gasteiger partial charge on any atom is -0.480 e. The first-order chi connectivity index (χ1) is 16.0. The fourth-order valence-corrected chi connectivity index (χ4v) is 4.95. The number of carboxylic acid groups (broad SMARTS) is 1. The molecule has 180 valence electrons. The van der Waals surface area contributed by atoms with Crippen LogP contribution >= 0.6 is 11.6 Å². The van der Waals surface area contributed by atoms with Gasteiger partial charge in [0.05, 0.1) is 15.8 Å². The summed E-state index contributed by atoms with van der Waals surface area (Å²) in [4.78, 5) is 48.3. The summed E-state index contributed by atoms with van der Waals surface area (Å²) in [6.45, 7) is 0.880. The molecule has 1 saturated heterocycles. The van der Waals surface area contributed by atoms with E-state index >= 15 is 0 Å². The number of urea groups is 1. The number of aromatic nitrogens is 2. The topological polar surface area (TPSA) is 162 Å². The van der Waals surface area contributed by atoms with Gasteiger partial charge in [-0.3, -0.25) is 14.2 Å². The lowest BCUT2D eigenvalue weighted by atomic mass is 10.2. The van der Waals surface area contributed by atoms with Crippen LogP contribution in [0.3, 0.4) is 0 Å². The number of nitrogens with zero attached hydrogens (tertiary/aromatic N) is 3. The van der Waals surface area contributed by atoms with Crippen LogP contribution in [0.2, 0.25) is 5.02 Å². The summed E-state index contributed by atoms with van der Waals surface area (Å²) < 4.78 is 26.4. The molecule has 3 N–H and O–H groups in total. The van der Waals surface area contributed by atoms with E-state index in [0.717, 1.165) is 25.9 Å². The van der Waals surface area contributed by atoms with Crippen LogP contribution in [0.25, 0.3) is 10.9 Å². The fourth-order valence-electron chi connectivity index (χ4n) is 3.45. The van der Waals surface area contributed by atoms with Crippen LogP contribution in [0.1, 0.15) is 12.8 Å². The van der Waals surface area contributed by atoms with Gasteiger partial charge in [-0.2, -0.15) is 0 Å². The smallest absolute Gasteiger partial charge is 0.346 e. The minimum atomic E-state index is -4.52. The Labute approximate surface area is 198 Å². The molecule has 13 heteroatoms. The minimum absolute atomic E-state index is 0.0607. The number of aliphatic carboxylic acids is 1. The largest absolute Gasteiger partial charge is 0.480 e. The van der Waals surface area contributed by atoms with E-state index in [1.54, 1.807) is 11.0 Å². The molecule has 0 radical (unpaired) electrons. The summed E-state index contributed by atoms with van der Waals surface area (Å²) in [5, 5.41) is 9.09. The molecule has 1 aromatic heterocycles. The highest BCUT2D eigenvalue weighted by molar-refractivity contribution is 7.90. The number of halogens is 1. The molecule has 1 aliphatic heterocycles. The molecule has 0 unspecified atom stereocenters. The molecule has 0 atom stereocenters. The Morgan fingerprint density at radius 3 is 2.18 bits per heavy atom. The number of carboxylic acids is 1. The second-order valence-electron chi connectivity index (χ2n) is 7.34. The van der Waals surface area contributed by atoms with Gasteiger partial charge in [0, 0.05) is 18.1 Å². The van der Waals surface area contributed by atoms with Gasteiger partial charge in [0.2, 0.25) is 0 Å². The number of hydrogen-bond acceptors (Lipinski definition) is 6. The zero-order chi connectivity index (χ0) is 25.0. The van der Waals surface area contributed by atoms with E-state index < -0.39 is 33.8 Å². The molecule has 0 saturated carbocycles. The van der Waals surface area contributed by atoms with Gasteiger partial charge < -0.3 is 15.7 Å². The quantitative estimate of drug-likeness (QED) is 0.536. The number of rotatable bonds is 4. The molecular weight excluding hydrogens is 488 g/mol. The van der Waals surface area contributed by atoms with Crippen LogP contribution in [-0.2, 0) is 21.4 Å². The van der Waals surface area contributed by atoms with Crippen molar-refractivity contribution in [2.45, 2.75) is 24.3 Å². The van der Waals surface area contributed by atoms with Gasteiger partial charge >= 0.3 is 17.7 Å². The normalized spacial score (nSPS) is 13.4. The fraction of sp³-hybridized carbons (Fsp3) is 0.238. The molecule has 4 rings (SSSR count). The van der Waals surface area contributed by atoms with Crippen molar-refractivity contribution >= 4 is 44.5 Å². The van der Waals surface area contributed by atoms with Gasteiger partial charge in [-0.1, -0.05) is 29.8 Å². The predicted molar refractivity (Wildman–Crippen MR) is 125 cm³/mol. The van der Waals surface area contributed by atoms with Gasteiger partial charge in [0.1, 0.15) is 6.54 Å². The number of primary amides is 1. The van der Waals surface area contributed by atoms with Crippen molar-refractivity contribution in [3.8, 4) is 0 Å². The molecular formula is C21H21ClN4O7S. The summed E-state index contributed by atoms with van der Waals surface area (Å²) in [6.07, 6.45) is 2.23. The highest BCUT2D eigenvalue weighted by atomic mass is 35.5. The van der Waals surface area contributed by atoms with Gasteiger partial charge in [0.15, 0.2) is 0 Å². The number of nitrogens with two attached hydrogens (primary N) is 1. The second kappa shape index (κ2) is 10.1. The molecule has 1 fully saturated rings. The average molecular weight is 509 g/mol. The average Bonchev–Trinajstić information content (AvgIpc) is 3.33. The first-order valence-electron chi connectivity index (χ1n) is 10.1. The lowest BCUT2D eigenvalue weighted by Gasteiger charge is -2.13. The van der Waals surface area contributed by atoms with Crippen LogP contribution in [-0.4, -0.2) is 52.1 Å². The molecule has 0 aliphatic carbocycles. The van der Waals surface area contributed by atoms with E-state index in [1.165, 1.54) is 42.5 Å².